The molecule has 20 heavy (non-hydrogen) atoms. The van der Waals surface area contributed by atoms with E-state index in [4.69, 9.17) is 5.11 Å². The average Bonchev–Trinajstić information content (AvgIpc) is 2.24. The van der Waals surface area contributed by atoms with Crippen LogP contribution in [-0.4, -0.2) is 37.5 Å². The van der Waals surface area contributed by atoms with Crippen molar-refractivity contribution in [2.45, 2.75) is 23.8 Å². The summed E-state index contributed by atoms with van der Waals surface area (Å²) < 4.78 is 64.9. The molecule has 0 aromatic heterocycles. The summed E-state index contributed by atoms with van der Waals surface area (Å²) in [7, 11) is -3.17. The maximum Gasteiger partial charge on any atom is 0.248 e. The van der Waals surface area contributed by atoms with Crippen LogP contribution in [0.4, 0.5) is 13.2 Å². The van der Waals surface area contributed by atoms with E-state index in [1.807, 2.05) is 0 Å². The zero-order valence-electron chi connectivity index (χ0n) is 10.7. The Kier molecular flexibility index (Phi) is 4.08. The number of hydrogen-bond acceptors (Lipinski definition) is 3. The van der Waals surface area contributed by atoms with Crippen LogP contribution in [0.15, 0.2) is 17.0 Å². The van der Waals surface area contributed by atoms with Crippen LogP contribution in [0.5, 0.6) is 0 Å². The lowest BCUT2D eigenvalue weighted by atomic mass is 9.82. The van der Waals surface area contributed by atoms with Crippen LogP contribution < -0.4 is 0 Å². The predicted molar refractivity (Wildman–Crippen MR) is 64.9 cm³/mol. The van der Waals surface area contributed by atoms with Gasteiger partial charge in [-0.1, -0.05) is 0 Å². The Bertz CT molecular complexity index is 591. The molecule has 2 rings (SSSR count). The number of nitrogens with zero attached hydrogens (tertiary/aromatic N) is 1. The number of aliphatic hydroxyl groups is 1. The van der Waals surface area contributed by atoms with E-state index in [1.54, 1.807) is 0 Å². The first-order valence-electron chi connectivity index (χ1n) is 6.00. The number of sulfonamides is 1. The Balaban J connectivity index is 2.26. The molecule has 0 saturated heterocycles. The number of halogens is 3. The van der Waals surface area contributed by atoms with E-state index < -0.39 is 38.5 Å². The third kappa shape index (κ3) is 2.82. The molecule has 1 aliphatic carbocycles. The van der Waals surface area contributed by atoms with Crippen LogP contribution in [-0.2, 0) is 10.0 Å². The van der Waals surface area contributed by atoms with Crippen molar-refractivity contribution in [1.82, 2.24) is 4.31 Å². The minimum atomic E-state index is -4.37. The lowest BCUT2D eigenvalue weighted by Crippen LogP contribution is -2.40. The number of hydrogen-bond donors (Lipinski definition) is 1. The fourth-order valence-corrected chi connectivity index (χ4v) is 3.57. The van der Waals surface area contributed by atoms with E-state index in [0.717, 1.165) is 4.31 Å². The molecule has 0 bridgehead atoms. The summed E-state index contributed by atoms with van der Waals surface area (Å²) in [5.74, 6) is -4.13. The molecule has 1 N–H and O–H groups in total. The molecule has 0 unspecified atom stereocenters. The molecule has 0 amide bonds. The van der Waals surface area contributed by atoms with Gasteiger partial charge in [0.1, 0.15) is 17.5 Å². The van der Waals surface area contributed by atoms with Gasteiger partial charge in [0, 0.05) is 25.7 Å². The molecule has 0 spiro atoms. The van der Waals surface area contributed by atoms with E-state index in [2.05, 4.69) is 0 Å². The summed E-state index contributed by atoms with van der Waals surface area (Å²) in [6.45, 7) is 0.0512. The van der Waals surface area contributed by atoms with Gasteiger partial charge >= 0.3 is 0 Å². The van der Waals surface area contributed by atoms with Crippen molar-refractivity contribution in [2.24, 2.45) is 5.92 Å². The number of rotatable bonds is 4. The van der Waals surface area contributed by atoms with E-state index in [-0.39, 0.29) is 12.5 Å². The molecular weight excluding hydrogens is 295 g/mol. The third-order valence-electron chi connectivity index (χ3n) is 3.36. The first-order chi connectivity index (χ1) is 9.21. The minimum Gasteiger partial charge on any atom is -0.393 e. The monoisotopic (exact) mass is 309 g/mol. The molecule has 0 atom stereocenters. The van der Waals surface area contributed by atoms with E-state index in [1.165, 1.54) is 7.05 Å². The average molecular weight is 309 g/mol. The van der Waals surface area contributed by atoms with Crippen LogP contribution in [0, 0.1) is 23.4 Å². The molecule has 1 fully saturated rings. The molecule has 1 aromatic carbocycles. The van der Waals surface area contributed by atoms with Crippen molar-refractivity contribution in [3.8, 4) is 0 Å². The highest BCUT2D eigenvalue weighted by atomic mass is 32.2. The maximum atomic E-state index is 13.5. The van der Waals surface area contributed by atoms with Crippen LogP contribution in [0.25, 0.3) is 0 Å². The minimum absolute atomic E-state index is 0.0451. The second-order valence-corrected chi connectivity index (χ2v) is 6.96. The van der Waals surface area contributed by atoms with Gasteiger partial charge in [0.25, 0.3) is 0 Å². The molecule has 0 radical (unpaired) electrons. The number of aliphatic hydroxyl groups excluding tert-OH is 1. The zero-order valence-corrected chi connectivity index (χ0v) is 11.5. The smallest absolute Gasteiger partial charge is 0.248 e. The highest BCUT2D eigenvalue weighted by molar-refractivity contribution is 7.89. The molecule has 8 heteroatoms. The van der Waals surface area contributed by atoms with Crippen molar-refractivity contribution in [1.29, 1.82) is 0 Å². The van der Waals surface area contributed by atoms with Gasteiger partial charge < -0.3 is 5.11 Å². The molecule has 1 saturated carbocycles. The van der Waals surface area contributed by atoms with Crippen molar-refractivity contribution in [3.05, 3.63) is 29.6 Å². The van der Waals surface area contributed by atoms with Crippen molar-refractivity contribution in [2.75, 3.05) is 13.6 Å². The van der Waals surface area contributed by atoms with Gasteiger partial charge in [-0.05, 0) is 18.8 Å². The Morgan fingerprint density at radius 2 is 1.75 bits per heavy atom. The summed E-state index contributed by atoms with van der Waals surface area (Å²) in [6.07, 6.45) is 0.457. The van der Waals surface area contributed by atoms with Crippen LogP contribution in [0.1, 0.15) is 12.8 Å². The van der Waals surface area contributed by atoms with Crippen LogP contribution in [0.3, 0.4) is 0 Å². The molecule has 1 aliphatic rings. The highest BCUT2D eigenvalue weighted by Gasteiger charge is 2.34. The Morgan fingerprint density at radius 3 is 2.20 bits per heavy atom. The summed E-state index contributed by atoms with van der Waals surface area (Å²) in [6, 6.07) is 0.661. The van der Waals surface area contributed by atoms with E-state index in [0.29, 0.717) is 25.0 Å². The highest BCUT2D eigenvalue weighted by Crippen LogP contribution is 2.30. The largest absolute Gasteiger partial charge is 0.393 e. The SMILES string of the molecule is CN(CC1CC(O)C1)S(=O)(=O)c1c(F)cc(F)cc1F. The van der Waals surface area contributed by atoms with Gasteiger partial charge in [0.15, 0.2) is 4.90 Å². The normalized spacial score (nSPS) is 22.9. The molecule has 4 nitrogen and oxygen atoms in total. The fourth-order valence-electron chi connectivity index (χ4n) is 2.24. The topological polar surface area (TPSA) is 57.6 Å². The second-order valence-electron chi connectivity index (χ2n) is 4.98. The van der Waals surface area contributed by atoms with Gasteiger partial charge in [-0.25, -0.2) is 25.9 Å². The second kappa shape index (κ2) is 5.34. The van der Waals surface area contributed by atoms with Gasteiger partial charge in [-0.3, -0.25) is 0 Å². The quantitative estimate of drug-likeness (QED) is 0.917. The summed E-state index contributed by atoms with van der Waals surface area (Å²) in [4.78, 5) is -1.15. The maximum absolute atomic E-state index is 13.5. The fraction of sp³-hybridized carbons (Fsp3) is 0.500. The van der Waals surface area contributed by atoms with Crippen molar-refractivity contribution < 1.29 is 26.7 Å². The van der Waals surface area contributed by atoms with Gasteiger partial charge in [0.05, 0.1) is 6.10 Å². The first-order valence-corrected chi connectivity index (χ1v) is 7.44. The standard InChI is InChI=1S/C12H14F3NO3S/c1-16(6-7-2-9(17)3-7)20(18,19)12-10(14)4-8(13)5-11(12)15/h4-5,7,9,17H,2-3,6H2,1H3. The van der Waals surface area contributed by atoms with Gasteiger partial charge in [-0.2, -0.15) is 0 Å². The molecule has 0 aliphatic heterocycles. The summed E-state index contributed by atoms with van der Waals surface area (Å²) in [5.41, 5.74) is 0. The van der Waals surface area contributed by atoms with Crippen LogP contribution >= 0.6 is 0 Å². The molecule has 112 valence electrons. The van der Waals surface area contributed by atoms with Crippen molar-refractivity contribution >= 4 is 10.0 Å². The zero-order chi connectivity index (χ0) is 15.1. The summed E-state index contributed by atoms with van der Waals surface area (Å²) >= 11 is 0. The first kappa shape index (κ1) is 15.3. The molecule has 1 aromatic rings. The van der Waals surface area contributed by atoms with Gasteiger partial charge in [0.2, 0.25) is 10.0 Å². The van der Waals surface area contributed by atoms with E-state index in [9.17, 15) is 21.6 Å². The molecular formula is C12H14F3NO3S. The Morgan fingerprint density at radius 1 is 1.25 bits per heavy atom. The lowest BCUT2D eigenvalue weighted by Gasteiger charge is -2.34. The Hall–Kier alpha value is -1.12. The van der Waals surface area contributed by atoms with Crippen molar-refractivity contribution in [3.63, 3.8) is 0 Å². The summed E-state index contributed by atoms with van der Waals surface area (Å²) in [5, 5.41) is 9.14. The number of benzene rings is 1. The van der Waals surface area contributed by atoms with Gasteiger partial charge in [-0.15, -0.1) is 0 Å². The van der Waals surface area contributed by atoms with E-state index >= 15 is 0 Å². The lowest BCUT2D eigenvalue weighted by molar-refractivity contribution is 0.0367. The molecule has 0 heterocycles. The van der Waals surface area contributed by atoms with Crippen LogP contribution in [0.2, 0.25) is 0 Å². The predicted octanol–water partition coefficient (Wildman–Crippen LogP) is 1.50. The Labute approximate surface area is 114 Å². The third-order valence-corrected chi connectivity index (χ3v) is 5.23.